The van der Waals surface area contributed by atoms with Crippen LogP contribution in [-0.4, -0.2) is 65.1 Å². The quantitative estimate of drug-likeness (QED) is 0.254. The number of nitrogens with two attached hydrogens (primary N) is 1. The molecule has 4 rings (SSSR count). The van der Waals surface area contributed by atoms with E-state index < -0.39 is 0 Å². The molecule has 4 N–H and O–H groups in total. The highest BCUT2D eigenvalue weighted by Crippen LogP contribution is 2.35. The van der Waals surface area contributed by atoms with Gasteiger partial charge in [0.2, 0.25) is 11.9 Å². The Morgan fingerprint density at radius 3 is 2.63 bits per heavy atom. The summed E-state index contributed by atoms with van der Waals surface area (Å²) < 4.78 is 0. The van der Waals surface area contributed by atoms with Gasteiger partial charge in [0.15, 0.2) is 5.82 Å². The largest absolute Gasteiger partial charge is 0.403 e. The van der Waals surface area contributed by atoms with Crippen LogP contribution in [0.15, 0.2) is 89.8 Å². The van der Waals surface area contributed by atoms with Crippen LogP contribution in [0.25, 0.3) is 0 Å². The molecule has 0 spiro atoms. The van der Waals surface area contributed by atoms with Crippen molar-refractivity contribution in [2.75, 3.05) is 43.2 Å². The lowest BCUT2D eigenvalue weighted by Gasteiger charge is -2.36. The number of carbonyl (C=O) groups is 2. The second-order valence-electron chi connectivity index (χ2n) is 9.72. The summed E-state index contributed by atoms with van der Waals surface area (Å²) in [5.74, 6) is 0.449. The summed E-state index contributed by atoms with van der Waals surface area (Å²) in [5.41, 5.74) is 9.90. The first-order chi connectivity index (χ1) is 19.8. The summed E-state index contributed by atoms with van der Waals surface area (Å²) in [4.78, 5) is 45.1. The molecular formula is C30H35N9O2. The topological polar surface area (TPSA) is 132 Å². The van der Waals surface area contributed by atoms with Crippen molar-refractivity contribution >= 4 is 40.8 Å². The molecule has 3 amide bonds. The lowest BCUT2D eigenvalue weighted by atomic mass is 10.1. The third-order valence-corrected chi connectivity index (χ3v) is 6.34. The zero-order valence-corrected chi connectivity index (χ0v) is 23.7. The molecule has 0 fully saturated rings. The minimum absolute atomic E-state index is 0.249. The fourth-order valence-electron chi connectivity index (χ4n) is 4.20. The molecule has 0 unspecified atom stereocenters. The van der Waals surface area contributed by atoms with E-state index in [1.807, 2.05) is 56.3 Å². The van der Waals surface area contributed by atoms with Crippen molar-refractivity contribution in [3.63, 3.8) is 0 Å². The monoisotopic (exact) mass is 553 g/mol. The molecule has 1 aliphatic heterocycles. The normalized spacial score (nSPS) is 14.0. The van der Waals surface area contributed by atoms with E-state index in [9.17, 15) is 9.59 Å². The average molecular weight is 554 g/mol. The van der Waals surface area contributed by atoms with E-state index in [-0.39, 0.29) is 17.9 Å². The van der Waals surface area contributed by atoms with Crippen molar-refractivity contribution in [1.82, 2.24) is 19.8 Å². The number of fused-ring (bicyclic) bond motifs is 1. The molecule has 0 bridgehead atoms. The van der Waals surface area contributed by atoms with Gasteiger partial charge < -0.3 is 26.2 Å². The van der Waals surface area contributed by atoms with Crippen molar-refractivity contribution in [2.45, 2.75) is 20.0 Å². The predicted octanol–water partition coefficient (Wildman–Crippen LogP) is 4.11. The number of hydrogen-bond donors (Lipinski definition) is 3. The predicted molar refractivity (Wildman–Crippen MR) is 163 cm³/mol. The molecule has 0 saturated carbocycles. The zero-order valence-electron chi connectivity index (χ0n) is 23.7. The summed E-state index contributed by atoms with van der Waals surface area (Å²) in [6.45, 7) is 3.21. The Morgan fingerprint density at radius 1 is 1.15 bits per heavy atom. The zero-order chi connectivity index (χ0) is 29.4. The Bertz CT molecular complexity index is 1480. The highest BCUT2D eigenvalue weighted by molar-refractivity contribution is 6.03. The number of allylic oxidation sites excluding steroid dienone is 1. The first kappa shape index (κ1) is 29.0. The molecule has 2 aromatic carbocycles. The van der Waals surface area contributed by atoms with Crippen LogP contribution in [0.1, 0.15) is 18.1 Å². The van der Waals surface area contributed by atoms with Crippen molar-refractivity contribution in [1.29, 1.82) is 0 Å². The van der Waals surface area contributed by atoms with Crippen molar-refractivity contribution in [3.8, 4) is 0 Å². The second-order valence-corrected chi connectivity index (χ2v) is 9.72. The Labute approximate surface area is 240 Å². The molecule has 11 nitrogen and oxygen atoms in total. The van der Waals surface area contributed by atoms with Gasteiger partial charge >= 0.3 is 6.03 Å². The number of likely N-dealkylation sites (N-methyl/N-ethyl adjacent to an activating group) is 1. The number of carbonyl (C=O) groups excluding carboxylic acids is 2. The van der Waals surface area contributed by atoms with E-state index in [4.69, 9.17) is 10.7 Å². The fourth-order valence-corrected chi connectivity index (χ4v) is 4.20. The SMILES string of the molecule is CN=C(C)C(=CN)Nc1ncc2c(n1)N(c1cccc(NC(=O)/C=C/CN(C)C)c1)C(=O)N(Cc1ccccc1)C2. The summed E-state index contributed by atoms with van der Waals surface area (Å²) in [6.07, 6.45) is 6.38. The number of aliphatic imine (C=N–C) groups is 1. The van der Waals surface area contributed by atoms with Gasteiger partial charge in [0.1, 0.15) is 0 Å². The van der Waals surface area contributed by atoms with Gasteiger partial charge in [-0.1, -0.05) is 42.5 Å². The van der Waals surface area contributed by atoms with Crippen molar-refractivity contribution in [2.24, 2.45) is 10.7 Å². The van der Waals surface area contributed by atoms with E-state index >= 15 is 0 Å². The average Bonchev–Trinajstić information content (AvgIpc) is 2.96. The van der Waals surface area contributed by atoms with Crippen LogP contribution < -0.4 is 21.3 Å². The van der Waals surface area contributed by atoms with Crippen molar-refractivity contribution < 1.29 is 9.59 Å². The van der Waals surface area contributed by atoms with Crippen molar-refractivity contribution in [3.05, 3.63) is 96.0 Å². The molecule has 2 heterocycles. The molecule has 1 aromatic heterocycles. The second kappa shape index (κ2) is 13.4. The molecule has 0 atom stereocenters. The number of rotatable bonds is 10. The molecule has 3 aromatic rings. The number of hydrogen-bond acceptors (Lipinski definition) is 8. The van der Waals surface area contributed by atoms with Gasteiger partial charge in [-0.2, -0.15) is 4.98 Å². The summed E-state index contributed by atoms with van der Waals surface area (Å²) in [7, 11) is 5.52. The van der Waals surface area contributed by atoms with Gasteiger partial charge in [-0.05, 0) is 44.8 Å². The molecule has 41 heavy (non-hydrogen) atoms. The Balaban J connectivity index is 1.70. The third-order valence-electron chi connectivity index (χ3n) is 6.34. The Hall–Kier alpha value is -5.03. The number of anilines is 4. The maximum absolute atomic E-state index is 14.0. The first-order valence-electron chi connectivity index (χ1n) is 13.1. The third kappa shape index (κ3) is 7.34. The lowest BCUT2D eigenvalue weighted by Crippen LogP contribution is -2.45. The summed E-state index contributed by atoms with van der Waals surface area (Å²) >= 11 is 0. The Kier molecular flexibility index (Phi) is 9.43. The molecule has 11 heteroatoms. The molecular weight excluding hydrogens is 518 g/mol. The van der Waals surface area contributed by atoms with Gasteiger partial charge in [0.05, 0.1) is 23.6 Å². The van der Waals surface area contributed by atoms with E-state index in [0.717, 1.165) is 11.1 Å². The number of benzene rings is 2. The Morgan fingerprint density at radius 2 is 1.93 bits per heavy atom. The fraction of sp³-hybridized carbons (Fsp3) is 0.233. The van der Waals surface area contributed by atoms with E-state index in [2.05, 4.69) is 20.6 Å². The molecule has 0 saturated heterocycles. The number of amides is 3. The van der Waals surface area contributed by atoms with Gasteiger partial charge in [0.25, 0.3) is 0 Å². The highest BCUT2D eigenvalue weighted by Gasteiger charge is 2.33. The van der Waals surface area contributed by atoms with Crippen LogP contribution in [-0.2, 0) is 17.9 Å². The maximum atomic E-state index is 14.0. The number of aromatic nitrogens is 2. The van der Waals surface area contributed by atoms with Gasteiger partial charge in [0, 0.05) is 49.9 Å². The summed E-state index contributed by atoms with van der Waals surface area (Å²) in [5, 5.41) is 5.97. The van der Waals surface area contributed by atoms with E-state index in [1.165, 1.54) is 12.3 Å². The maximum Gasteiger partial charge on any atom is 0.330 e. The van der Waals surface area contributed by atoms with Crippen LogP contribution in [0.3, 0.4) is 0 Å². The lowest BCUT2D eigenvalue weighted by molar-refractivity contribution is -0.111. The van der Waals surface area contributed by atoms with Gasteiger partial charge in [-0.25, -0.2) is 14.7 Å². The number of urea groups is 1. The standard InChI is InChI=1S/C30H35N9O2/c1-21(32-2)26(17-31)35-29-33-18-23-20-38(19-22-10-6-5-7-11-22)30(41)39(28(23)36-29)25-13-8-12-24(16-25)34-27(40)14-9-15-37(3)4/h5-14,16-18H,15,19-20,31H2,1-4H3,(H,34,40)(H,33,35,36)/b14-9+,26-17?,32-21?. The van der Waals surface area contributed by atoms with E-state index in [1.54, 1.807) is 53.4 Å². The van der Waals surface area contributed by atoms with E-state index in [0.29, 0.717) is 48.2 Å². The molecule has 0 radical (unpaired) electrons. The summed E-state index contributed by atoms with van der Waals surface area (Å²) in [6, 6.07) is 16.7. The van der Waals surface area contributed by atoms with Crippen LogP contribution >= 0.6 is 0 Å². The molecule has 212 valence electrons. The van der Waals surface area contributed by atoms with Gasteiger partial charge in [-0.15, -0.1) is 0 Å². The van der Waals surface area contributed by atoms with Crippen LogP contribution in [0.4, 0.5) is 27.9 Å². The number of nitrogens with one attached hydrogen (secondary N) is 2. The van der Waals surface area contributed by atoms with Gasteiger partial charge in [-0.3, -0.25) is 9.79 Å². The highest BCUT2D eigenvalue weighted by atomic mass is 16.2. The number of nitrogens with zero attached hydrogens (tertiary/aromatic N) is 6. The van der Waals surface area contributed by atoms with Crippen LogP contribution in [0, 0.1) is 0 Å². The molecule has 0 aliphatic carbocycles. The van der Waals surface area contributed by atoms with Crippen LogP contribution in [0.2, 0.25) is 0 Å². The van der Waals surface area contributed by atoms with Crippen LogP contribution in [0.5, 0.6) is 0 Å². The first-order valence-corrected chi connectivity index (χ1v) is 13.1. The minimum atomic E-state index is -0.261. The minimum Gasteiger partial charge on any atom is -0.403 e. The smallest absolute Gasteiger partial charge is 0.330 e. The molecule has 1 aliphatic rings.